The summed E-state index contributed by atoms with van der Waals surface area (Å²) in [5.41, 5.74) is -1.97. The Bertz CT molecular complexity index is 359. The van der Waals surface area contributed by atoms with Crippen LogP contribution in [0.5, 0.6) is 11.5 Å². The minimum Gasteiger partial charge on any atom is -0.504 e. The van der Waals surface area contributed by atoms with Crippen LogP contribution in [-0.2, 0) is 4.79 Å². The summed E-state index contributed by atoms with van der Waals surface area (Å²) in [5, 5.41) is 27.2. The largest absolute Gasteiger partial charge is 0.504 e. The second-order valence-electron chi connectivity index (χ2n) is 3.34. The van der Waals surface area contributed by atoms with Crippen molar-refractivity contribution in [3.05, 3.63) is 24.3 Å². The van der Waals surface area contributed by atoms with Crippen molar-refractivity contribution in [2.24, 2.45) is 0 Å². The third kappa shape index (κ3) is 2.85. The van der Waals surface area contributed by atoms with E-state index in [-0.39, 0.29) is 11.5 Å². The van der Waals surface area contributed by atoms with Gasteiger partial charge >= 0.3 is 5.97 Å². The number of carbonyl (C=O) groups is 1. The molecule has 0 heterocycles. The Labute approximate surface area is 86.5 Å². The van der Waals surface area contributed by atoms with Gasteiger partial charge in [0.05, 0.1) is 0 Å². The molecule has 0 bridgehead atoms. The van der Waals surface area contributed by atoms with Gasteiger partial charge in [0.1, 0.15) is 6.61 Å². The van der Waals surface area contributed by atoms with Crippen molar-refractivity contribution in [3.63, 3.8) is 0 Å². The van der Waals surface area contributed by atoms with Crippen molar-refractivity contribution in [2.45, 2.75) is 12.5 Å². The quantitative estimate of drug-likeness (QED) is 0.680. The lowest BCUT2D eigenvalue weighted by Gasteiger charge is -2.18. The van der Waals surface area contributed by atoms with Crippen LogP contribution in [0.2, 0.25) is 0 Å². The number of rotatable bonds is 4. The zero-order chi connectivity index (χ0) is 11.5. The molecule has 1 unspecified atom stereocenters. The molecule has 5 heteroatoms. The maximum Gasteiger partial charge on any atom is 0.339 e. The highest BCUT2D eigenvalue weighted by molar-refractivity contribution is 5.76. The van der Waals surface area contributed by atoms with E-state index in [1.54, 1.807) is 12.1 Å². The molecule has 1 atom stereocenters. The second-order valence-corrected chi connectivity index (χ2v) is 3.34. The Hall–Kier alpha value is -1.75. The van der Waals surface area contributed by atoms with Crippen molar-refractivity contribution >= 4 is 5.97 Å². The molecule has 0 saturated heterocycles. The number of carboxylic acid groups (broad SMARTS) is 1. The maximum absolute atomic E-state index is 10.5. The van der Waals surface area contributed by atoms with Crippen LogP contribution in [-0.4, -0.2) is 33.5 Å². The molecule has 0 aromatic heterocycles. The van der Waals surface area contributed by atoms with E-state index in [2.05, 4.69) is 0 Å². The van der Waals surface area contributed by atoms with Crippen LogP contribution in [0, 0.1) is 0 Å². The predicted molar refractivity (Wildman–Crippen MR) is 51.9 cm³/mol. The first-order valence-electron chi connectivity index (χ1n) is 4.30. The zero-order valence-corrected chi connectivity index (χ0v) is 8.17. The summed E-state index contributed by atoms with van der Waals surface area (Å²) in [6.07, 6.45) is 0. The van der Waals surface area contributed by atoms with Crippen molar-refractivity contribution < 1.29 is 24.9 Å². The third-order valence-corrected chi connectivity index (χ3v) is 1.83. The minimum absolute atomic E-state index is 0.0984. The van der Waals surface area contributed by atoms with E-state index in [4.69, 9.17) is 9.84 Å². The Morgan fingerprint density at radius 1 is 1.47 bits per heavy atom. The molecule has 15 heavy (non-hydrogen) atoms. The molecule has 0 fully saturated rings. The molecular formula is C10H12O5. The second kappa shape index (κ2) is 4.18. The van der Waals surface area contributed by atoms with Gasteiger partial charge in [-0.25, -0.2) is 4.79 Å². The third-order valence-electron chi connectivity index (χ3n) is 1.83. The van der Waals surface area contributed by atoms with Crippen LogP contribution < -0.4 is 4.74 Å². The molecule has 0 saturated carbocycles. The van der Waals surface area contributed by atoms with Crippen LogP contribution in [0.4, 0.5) is 0 Å². The number of hydrogen-bond acceptors (Lipinski definition) is 4. The van der Waals surface area contributed by atoms with Crippen molar-refractivity contribution in [1.29, 1.82) is 0 Å². The summed E-state index contributed by atoms with van der Waals surface area (Å²) in [4.78, 5) is 10.5. The standard InChI is InChI=1S/C10H12O5/c1-10(14,9(12)13)6-15-8-5-3-2-4-7(8)11/h2-5,11,14H,6H2,1H3,(H,12,13). The van der Waals surface area contributed by atoms with Crippen molar-refractivity contribution in [1.82, 2.24) is 0 Å². The fraction of sp³-hybridized carbons (Fsp3) is 0.300. The van der Waals surface area contributed by atoms with E-state index in [9.17, 15) is 15.0 Å². The van der Waals surface area contributed by atoms with Crippen LogP contribution in [0.1, 0.15) is 6.92 Å². The Kier molecular flexibility index (Phi) is 3.16. The highest BCUT2D eigenvalue weighted by Gasteiger charge is 2.31. The maximum atomic E-state index is 10.5. The van der Waals surface area contributed by atoms with Crippen LogP contribution in [0.3, 0.4) is 0 Å². The first-order chi connectivity index (χ1) is 6.93. The minimum atomic E-state index is -1.97. The number of ether oxygens (including phenoxy) is 1. The van der Waals surface area contributed by atoms with Gasteiger partial charge in [-0.3, -0.25) is 0 Å². The summed E-state index contributed by atoms with van der Waals surface area (Å²) >= 11 is 0. The van der Waals surface area contributed by atoms with Gasteiger partial charge in [-0.1, -0.05) is 12.1 Å². The van der Waals surface area contributed by atoms with Gasteiger partial charge in [0.25, 0.3) is 0 Å². The lowest BCUT2D eigenvalue weighted by molar-refractivity contribution is -0.159. The number of hydrogen-bond donors (Lipinski definition) is 3. The topological polar surface area (TPSA) is 87.0 Å². The van der Waals surface area contributed by atoms with Crippen LogP contribution in [0.15, 0.2) is 24.3 Å². The molecule has 1 rings (SSSR count). The number of benzene rings is 1. The average molecular weight is 212 g/mol. The van der Waals surface area contributed by atoms with Gasteiger partial charge in [-0.05, 0) is 19.1 Å². The summed E-state index contributed by atoms with van der Waals surface area (Å²) in [5.74, 6) is -1.34. The van der Waals surface area contributed by atoms with Crippen LogP contribution >= 0.6 is 0 Å². The SMILES string of the molecule is CC(O)(COc1ccccc1O)C(=O)O. The number of carboxylic acids is 1. The van der Waals surface area contributed by atoms with E-state index in [0.29, 0.717) is 0 Å². The Morgan fingerprint density at radius 3 is 2.60 bits per heavy atom. The van der Waals surface area contributed by atoms with E-state index >= 15 is 0 Å². The fourth-order valence-electron chi connectivity index (χ4n) is 0.859. The summed E-state index contributed by atoms with van der Waals surface area (Å²) < 4.78 is 4.98. The Morgan fingerprint density at radius 2 is 2.07 bits per heavy atom. The lowest BCUT2D eigenvalue weighted by Crippen LogP contribution is -2.41. The Balaban J connectivity index is 2.66. The highest BCUT2D eigenvalue weighted by atomic mass is 16.5. The first kappa shape index (κ1) is 11.3. The number of phenolic OH excluding ortho intramolecular Hbond substituents is 1. The van der Waals surface area contributed by atoms with Gasteiger partial charge in [0.2, 0.25) is 0 Å². The molecule has 82 valence electrons. The molecule has 0 radical (unpaired) electrons. The molecule has 0 spiro atoms. The van der Waals surface area contributed by atoms with E-state index in [1.807, 2.05) is 0 Å². The highest BCUT2D eigenvalue weighted by Crippen LogP contribution is 2.25. The first-order valence-corrected chi connectivity index (χ1v) is 4.30. The van der Waals surface area contributed by atoms with E-state index in [0.717, 1.165) is 6.92 Å². The van der Waals surface area contributed by atoms with E-state index < -0.39 is 18.2 Å². The predicted octanol–water partition coefficient (Wildman–Crippen LogP) is 0.607. The molecule has 0 aliphatic rings. The van der Waals surface area contributed by atoms with Crippen molar-refractivity contribution in [3.8, 4) is 11.5 Å². The van der Waals surface area contributed by atoms with Gasteiger partial charge < -0.3 is 20.1 Å². The molecule has 0 aliphatic carbocycles. The van der Waals surface area contributed by atoms with Crippen LogP contribution in [0.25, 0.3) is 0 Å². The monoisotopic (exact) mass is 212 g/mol. The molecule has 1 aromatic carbocycles. The summed E-state index contributed by atoms with van der Waals surface area (Å²) in [6.45, 7) is 0.690. The fourth-order valence-corrected chi connectivity index (χ4v) is 0.859. The van der Waals surface area contributed by atoms with Gasteiger partial charge in [0.15, 0.2) is 17.1 Å². The van der Waals surface area contributed by atoms with Gasteiger partial charge in [-0.2, -0.15) is 0 Å². The molecule has 0 aliphatic heterocycles. The summed E-state index contributed by atoms with van der Waals surface area (Å²) in [7, 11) is 0. The van der Waals surface area contributed by atoms with Crippen molar-refractivity contribution in [2.75, 3.05) is 6.61 Å². The van der Waals surface area contributed by atoms with Gasteiger partial charge in [-0.15, -0.1) is 0 Å². The molecule has 5 nitrogen and oxygen atoms in total. The smallest absolute Gasteiger partial charge is 0.339 e. The number of phenols is 1. The molecular weight excluding hydrogens is 200 g/mol. The number of aliphatic carboxylic acids is 1. The molecule has 1 aromatic rings. The normalized spacial score (nSPS) is 14.3. The molecule has 3 N–H and O–H groups in total. The summed E-state index contributed by atoms with van der Waals surface area (Å²) in [6, 6.07) is 6.13. The van der Waals surface area contributed by atoms with E-state index in [1.165, 1.54) is 12.1 Å². The number of aromatic hydroxyl groups is 1. The number of aliphatic hydroxyl groups is 1. The average Bonchev–Trinajstić information content (AvgIpc) is 2.16. The lowest BCUT2D eigenvalue weighted by atomic mass is 10.1. The zero-order valence-electron chi connectivity index (χ0n) is 8.17. The van der Waals surface area contributed by atoms with Gasteiger partial charge in [0, 0.05) is 0 Å². The molecule has 0 amide bonds. The number of para-hydroxylation sites is 2.